The maximum absolute atomic E-state index is 13.9. The van der Waals surface area contributed by atoms with Crippen molar-refractivity contribution in [1.82, 2.24) is 9.47 Å². The Labute approximate surface area is 191 Å². The lowest BCUT2D eigenvalue weighted by Gasteiger charge is -2.31. The number of rotatable bonds is 8. The number of amides is 1. The molecular weight excluding hydrogens is 434 g/mol. The molecule has 0 saturated carbocycles. The Morgan fingerprint density at radius 1 is 1.06 bits per heavy atom. The number of likely N-dealkylation sites (tertiary alicyclic amines) is 1. The van der Waals surface area contributed by atoms with E-state index in [9.17, 15) is 23.2 Å². The zero-order valence-electron chi connectivity index (χ0n) is 19.0. The minimum absolute atomic E-state index is 0.203. The summed E-state index contributed by atoms with van der Waals surface area (Å²) in [5.74, 6) is -3.43. The molecule has 0 atom stereocenters. The molecule has 33 heavy (non-hydrogen) atoms. The molecule has 0 bridgehead atoms. The van der Waals surface area contributed by atoms with Gasteiger partial charge < -0.3 is 18.9 Å². The number of Topliss-reactive ketones (excluding diaryl/α,β-unsaturated/α-hetero) is 1. The van der Waals surface area contributed by atoms with Crippen molar-refractivity contribution in [1.29, 1.82) is 0 Å². The van der Waals surface area contributed by atoms with Gasteiger partial charge in [0.05, 0.1) is 18.1 Å². The number of ether oxygens (including phenoxy) is 2. The van der Waals surface area contributed by atoms with Gasteiger partial charge in [-0.25, -0.2) is 8.78 Å². The van der Waals surface area contributed by atoms with Crippen LogP contribution < -0.4 is 0 Å². The van der Waals surface area contributed by atoms with E-state index in [1.54, 1.807) is 13.2 Å². The summed E-state index contributed by atoms with van der Waals surface area (Å²) in [6.45, 7) is 5.02. The molecule has 1 aromatic carbocycles. The lowest BCUT2D eigenvalue weighted by atomic mass is 9.96. The van der Waals surface area contributed by atoms with Gasteiger partial charge in [-0.15, -0.1) is 0 Å². The molecule has 2 aromatic rings. The Morgan fingerprint density at radius 2 is 1.76 bits per heavy atom. The minimum atomic E-state index is -0.915. The van der Waals surface area contributed by atoms with Crippen LogP contribution >= 0.6 is 0 Å². The van der Waals surface area contributed by atoms with Gasteiger partial charge in [0.1, 0.15) is 11.6 Å². The third-order valence-corrected chi connectivity index (χ3v) is 6.02. The number of carbonyl (C=O) groups is 3. The molecule has 0 radical (unpaired) electrons. The maximum atomic E-state index is 13.9. The molecule has 1 saturated heterocycles. The summed E-state index contributed by atoms with van der Waals surface area (Å²) < 4.78 is 39.3. The Morgan fingerprint density at radius 3 is 2.39 bits per heavy atom. The number of aryl methyl sites for hydroxylation is 1. The normalized spacial score (nSPS) is 14.4. The molecule has 9 heteroatoms. The second kappa shape index (κ2) is 10.7. The van der Waals surface area contributed by atoms with Crippen molar-refractivity contribution >= 4 is 17.7 Å². The van der Waals surface area contributed by atoms with Crippen LogP contribution in [0.4, 0.5) is 8.78 Å². The van der Waals surface area contributed by atoms with Crippen molar-refractivity contribution in [2.45, 2.75) is 33.2 Å². The molecule has 1 amide bonds. The number of hydrogen-bond acceptors (Lipinski definition) is 5. The number of benzene rings is 1. The van der Waals surface area contributed by atoms with Gasteiger partial charge in [-0.3, -0.25) is 14.4 Å². The van der Waals surface area contributed by atoms with Gasteiger partial charge in [0, 0.05) is 49.8 Å². The van der Waals surface area contributed by atoms with Crippen molar-refractivity contribution < 1.29 is 32.6 Å². The topological polar surface area (TPSA) is 77.8 Å². The quantitative estimate of drug-likeness (QED) is 0.444. The Kier molecular flexibility index (Phi) is 7.97. The van der Waals surface area contributed by atoms with Crippen LogP contribution in [0.25, 0.3) is 0 Å². The smallest absolute Gasteiger partial charge is 0.309 e. The van der Waals surface area contributed by atoms with Gasteiger partial charge in [-0.2, -0.15) is 0 Å². The number of carbonyl (C=O) groups excluding carboxylic acids is 3. The maximum Gasteiger partial charge on any atom is 0.309 e. The van der Waals surface area contributed by atoms with Crippen molar-refractivity contribution in [3.05, 3.63) is 58.4 Å². The Balaban J connectivity index is 1.51. The number of aromatic nitrogens is 1. The fourth-order valence-electron chi connectivity index (χ4n) is 4.09. The second-order valence-electron chi connectivity index (χ2n) is 8.15. The molecule has 0 unspecified atom stereocenters. The van der Waals surface area contributed by atoms with Crippen LogP contribution in [0.1, 0.15) is 44.9 Å². The van der Waals surface area contributed by atoms with E-state index < -0.39 is 29.4 Å². The summed E-state index contributed by atoms with van der Waals surface area (Å²) in [7, 11) is 1.61. The average Bonchev–Trinajstić information content (AvgIpc) is 3.08. The van der Waals surface area contributed by atoms with Gasteiger partial charge in [0.25, 0.3) is 5.91 Å². The predicted octanol–water partition coefficient (Wildman–Crippen LogP) is 3.31. The van der Waals surface area contributed by atoms with E-state index in [2.05, 4.69) is 0 Å². The van der Waals surface area contributed by atoms with E-state index in [0.29, 0.717) is 37.6 Å². The van der Waals surface area contributed by atoms with Crippen LogP contribution in [0.15, 0.2) is 24.3 Å². The first-order valence-corrected chi connectivity index (χ1v) is 10.8. The molecule has 1 aliphatic rings. The van der Waals surface area contributed by atoms with Crippen molar-refractivity contribution in [3.8, 4) is 0 Å². The summed E-state index contributed by atoms with van der Waals surface area (Å²) in [6.07, 6.45) is 0.681. The van der Waals surface area contributed by atoms with Crippen molar-refractivity contribution in [2.75, 3.05) is 33.4 Å². The zero-order valence-corrected chi connectivity index (χ0v) is 19.0. The standard InChI is InChI=1S/C24H28F2N2O5/c1-15-12-20(16(2)28(15)10-11-32-3)22(29)14-33-24(31)17-6-8-27(9-7-17)23(30)19-5-4-18(25)13-21(19)26/h4-5,12-13,17H,6-11,14H2,1-3H3. The van der Waals surface area contributed by atoms with Crippen LogP contribution in [0, 0.1) is 31.4 Å². The van der Waals surface area contributed by atoms with Gasteiger partial charge in [0.2, 0.25) is 5.78 Å². The fourth-order valence-corrected chi connectivity index (χ4v) is 4.09. The predicted molar refractivity (Wildman–Crippen MR) is 116 cm³/mol. The Bertz CT molecular complexity index is 1040. The number of methoxy groups -OCH3 is 1. The highest BCUT2D eigenvalue weighted by molar-refractivity contribution is 5.99. The van der Waals surface area contributed by atoms with Gasteiger partial charge in [-0.1, -0.05) is 0 Å². The van der Waals surface area contributed by atoms with E-state index in [4.69, 9.17) is 9.47 Å². The molecule has 2 heterocycles. The van der Waals surface area contributed by atoms with E-state index in [0.717, 1.165) is 23.5 Å². The molecule has 0 N–H and O–H groups in total. The number of nitrogens with zero attached hydrogens (tertiary/aromatic N) is 2. The summed E-state index contributed by atoms with van der Waals surface area (Å²) in [5.41, 5.74) is 2.03. The second-order valence-corrected chi connectivity index (χ2v) is 8.15. The Hall–Kier alpha value is -3.07. The third-order valence-electron chi connectivity index (χ3n) is 6.02. The molecule has 1 aliphatic heterocycles. The number of ketones is 1. The number of halogens is 2. The molecular formula is C24H28F2N2O5. The molecule has 1 aromatic heterocycles. The first-order valence-electron chi connectivity index (χ1n) is 10.8. The highest BCUT2D eigenvalue weighted by atomic mass is 19.1. The monoisotopic (exact) mass is 462 g/mol. The first-order chi connectivity index (χ1) is 15.7. The fraction of sp³-hybridized carbons (Fsp3) is 0.458. The molecule has 178 valence electrons. The van der Waals surface area contributed by atoms with E-state index in [1.807, 2.05) is 18.4 Å². The van der Waals surface area contributed by atoms with Crippen molar-refractivity contribution in [3.63, 3.8) is 0 Å². The molecule has 3 rings (SSSR count). The van der Waals surface area contributed by atoms with E-state index in [1.165, 1.54) is 4.90 Å². The molecule has 1 fully saturated rings. The van der Waals surface area contributed by atoms with Gasteiger partial charge in [0.15, 0.2) is 6.61 Å². The number of hydrogen-bond donors (Lipinski definition) is 0. The highest BCUT2D eigenvalue weighted by Gasteiger charge is 2.30. The lowest BCUT2D eigenvalue weighted by Crippen LogP contribution is -2.41. The SMILES string of the molecule is COCCn1c(C)cc(C(=O)COC(=O)C2CCN(C(=O)c3ccc(F)cc3F)CC2)c1C. The van der Waals surface area contributed by atoms with E-state index in [-0.39, 0.29) is 31.0 Å². The summed E-state index contributed by atoms with van der Waals surface area (Å²) in [4.78, 5) is 39.0. The van der Waals surface area contributed by atoms with Crippen LogP contribution in [0.5, 0.6) is 0 Å². The van der Waals surface area contributed by atoms with Crippen molar-refractivity contribution in [2.24, 2.45) is 5.92 Å². The summed E-state index contributed by atoms with van der Waals surface area (Å²) >= 11 is 0. The van der Waals surface area contributed by atoms with Crippen LogP contribution in [0.3, 0.4) is 0 Å². The largest absolute Gasteiger partial charge is 0.457 e. The van der Waals surface area contributed by atoms with Crippen LogP contribution in [-0.2, 0) is 20.8 Å². The average molecular weight is 462 g/mol. The summed E-state index contributed by atoms with van der Waals surface area (Å²) in [6, 6.07) is 4.60. The number of piperidine rings is 1. The van der Waals surface area contributed by atoms with Gasteiger partial charge >= 0.3 is 5.97 Å². The third kappa shape index (κ3) is 5.65. The summed E-state index contributed by atoms with van der Waals surface area (Å²) in [5, 5.41) is 0. The zero-order chi connectivity index (χ0) is 24.1. The van der Waals surface area contributed by atoms with Gasteiger partial charge in [-0.05, 0) is 44.9 Å². The highest BCUT2D eigenvalue weighted by Crippen LogP contribution is 2.22. The molecule has 0 spiro atoms. The lowest BCUT2D eigenvalue weighted by molar-refractivity contribution is -0.148. The van der Waals surface area contributed by atoms with Crippen LogP contribution in [0.2, 0.25) is 0 Å². The van der Waals surface area contributed by atoms with Crippen LogP contribution in [-0.4, -0.2) is 60.5 Å². The molecule has 7 nitrogen and oxygen atoms in total. The van der Waals surface area contributed by atoms with E-state index >= 15 is 0 Å². The number of esters is 1. The molecule has 0 aliphatic carbocycles. The minimum Gasteiger partial charge on any atom is -0.457 e. The first kappa shape index (κ1) is 24.6.